The molecule has 1 N–H and O–H groups in total. The van der Waals surface area contributed by atoms with E-state index in [0.29, 0.717) is 6.42 Å². The average Bonchev–Trinajstić information content (AvgIpc) is 2.96. The van der Waals surface area contributed by atoms with E-state index in [1.165, 1.54) is 0 Å². The molecular weight excluding hydrogens is 298 g/mol. The first kappa shape index (κ1) is 16.9. The van der Waals surface area contributed by atoms with Crippen molar-refractivity contribution in [2.45, 2.75) is 53.1 Å². The summed E-state index contributed by atoms with van der Waals surface area (Å²) in [4.78, 5) is 1.69. The van der Waals surface area contributed by atoms with Crippen LogP contribution < -0.4 is 0 Å². The van der Waals surface area contributed by atoms with Gasteiger partial charge in [0.15, 0.2) is 0 Å². The summed E-state index contributed by atoms with van der Waals surface area (Å²) in [5.74, 6) is 0.170. The Morgan fingerprint density at radius 3 is 2.29 bits per heavy atom. The van der Waals surface area contributed by atoms with Gasteiger partial charge in [0, 0.05) is 6.42 Å². The fourth-order valence-electron chi connectivity index (χ4n) is 3.10. The lowest BCUT2D eigenvalue weighted by atomic mass is 9.73. The summed E-state index contributed by atoms with van der Waals surface area (Å²) in [6, 6.07) is 7.85. The predicted molar refractivity (Wildman–Crippen MR) is 98.4 cm³/mol. The molecule has 24 heavy (non-hydrogen) atoms. The van der Waals surface area contributed by atoms with Gasteiger partial charge in [-0.15, -0.1) is 10.2 Å². The number of allylic oxidation sites excluding steroid dienone is 2. The Bertz CT molecular complexity index is 777. The molecule has 0 radical (unpaired) electrons. The van der Waals surface area contributed by atoms with Crippen LogP contribution in [0.1, 0.15) is 47.5 Å². The Labute approximate surface area is 143 Å². The molecule has 0 saturated heterocycles. The highest BCUT2D eigenvalue weighted by Gasteiger charge is 2.37. The highest BCUT2D eigenvalue weighted by atomic mass is 16.3. The molecule has 3 rings (SSSR count). The molecule has 0 bridgehead atoms. The molecule has 0 saturated carbocycles. The van der Waals surface area contributed by atoms with E-state index >= 15 is 0 Å². The molecule has 1 aromatic heterocycles. The molecule has 2 unspecified atom stereocenters. The van der Waals surface area contributed by atoms with Gasteiger partial charge in [-0.2, -0.15) is 4.80 Å². The lowest BCUT2D eigenvalue weighted by molar-refractivity contribution is 0.0346. The minimum absolute atomic E-state index is 0.0420. The van der Waals surface area contributed by atoms with Gasteiger partial charge >= 0.3 is 0 Å². The minimum Gasteiger partial charge on any atom is -0.385 e. The molecule has 0 amide bonds. The first-order valence-corrected chi connectivity index (χ1v) is 8.71. The molecule has 0 aliphatic heterocycles. The van der Waals surface area contributed by atoms with E-state index in [2.05, 4.69) is 50.9 Å². The minimum atomic E-state index is -0.860. The summed E-state index contributed by atoms with van der Waals surface area (Å²) >= 11 is 0. The molecule has 4 heteroatoms. The number of nitrogens with zero attached hydrogens (tertiary/aromatic N) is 3. The van der Waals surface area contributed by atoms with E-state index in [1.54, 1.807) is 4.80 Å². The van der Waals surface area contributed by atoms with Gasteiger partial charge in [-0.1, -0.05) is 53.2 Å². The highest BCUT2D eigenvalue weighted by Crippen LogP contribution is 2.40. The van der Waals surface area contributed by atoms with Crippen LogP contribution in [0, 0.1) is 11.3 Å². The van der Waals surface area contributed by atoms with Crippen molar-refractivity contribution in [2.24, 2.45) is 11.3 Å². The van der Waals surface area contributed by atoms with E-state index in [0.717, 1.165) is 28.7 Å². The predicted octanol–water partition coefficient (Wildman–Crippen LogP) is 4.43. The maximum atomic E-state index is 11.3. The van der Waals surface area contributed by atoms with E-state index < -0.39 is 5.60 Å². The Hall–Kier alpha value is -1.94. The van der Waals surface area contributed by atoms with Crippen molar-refractivity contribution in [1.29, 1.82) is 0 Å². The van der Waals surface area contributed by atoms with Gasteiger partial charge in [0.25, 0.3) is 0 Å². The lowest BCUT2D eigenvalue weighted by Crippen LogP contribution is -2.38. The molecule has 0 fully saturated rings. The van der Waals surface area contributed by atoms with Crippen LogP contribution in [0.25, 0.3) is 16.7 Å². The third-order valence-corrected chi connectivity index (χ3v) is 5.07. The molecule has 128 valence electrons. The highest BCUT2D eigenvalue weighted by molar-refractivity contribution is 5.74. The van der Waals surface area contributed by atoms with Gasteiger partial charge in [0.1, 0.15) is 11.0 Å². The lowest BCUT2D eigenvalue weighted by Gasteiger charge is -2.37. The molecular formula is C20H27N3O. The van der Waals surface area contributed by atoms with E-state index in [4.69, 9.17) is 0 Å². The number of fused-ring (bicyclic) bond motifs is 1. The summed E-state index contributed by atoms with van der Waals surface area (Å²) in [6.45, 7) is 10.7. The Morgan fingerprint density at radius 2 is 1.79 bits per heavy atom. The standard InChI is InChI=1S/C20H27N3O/c1-6-14(2)20(24)12-15(19(3,4)5)11-16(13-20)23-21-17-9-7-8-10-18(17)22-23/h7-12,14,24H,6,13H2,1-5H3. The van der Waals surface area contributed by atoms with E-state index in [1.807, 2.05) is 30.3 Å². The van der Waals surface area contributed by atoms with E-state index in [-0.39, 0.29) is 11.3 Å². The van der Waals surface area contributed by atoms with Gasteiger partial charge in [0.05, 0.1) is 11.3 Å². The van der Waals surface area contributed by atoms with Gasteiger partial charge < -0.3 is 5.11 Å². The molecule has 0 spiro atoms. The molecule has 2 atom stereocenters. The van der Waals surface area contributed by atoms with Crippen LogP contribution in [0.5, 0.6) is 0 Å². The van der Waals surface area contributed by atoms with Crippen molar-refractivity contribution in [3.63, 3.8) is 0 Å². The molecule has 2 aromatic rings. The first-order valence-electron chi connectivity index (χ1n) is 8.71. The zero-order chi connectivity index (χ0) is 17.5. The Kier molecular flexibility index (Phi) is 4.12. The molecule has 1 aliphatic carbocycles. The van der Waals surface area contributed by atoms with Crippen molar-refractivity contribution in [3.8, 4) is 0 Å². The molecule has 1 aromatic carbocycles. The van der Waals surface area contributed by atoms with Crippen LogP contribution in [0.15, 0.2) is 42.0 Å². The van der Waals surface area contributed by atoms with Gasteiger partial charge in [-0.05, 0) is 41.2 Å². The quantitative estimate of drug-likeness (QED) is 0.908. The SMILES string of the molecule is CCC(C)C1(O)C=C(C(C)(C)C)C=C(n2nc3ccccc3n2)C1. The van der Waals surface area contributed by atoms with Crippen molar-refractivity contribution >= 4 is 16.7 Å². The second-order valence-corrected chi connectivity index (χ2v) is 7.94. The second kappa shape index (κ2) is 5.85. The zero-order valence-corrected chi connectivity index (χ0v) is 15.2. The van der Waals surface area contributed by atoms with Crippen molar-refractivity contribution in [2.75, 3.05) is 0 Å². The van der Waals surface area contributed by atoms with Crippen LogP contribution in [-0.2, 0) is 0 Å². The smallest absolute Gasteiger partial charge is 0.113 e. The molecule has 4 nitrogen and oxygen atoms in total. The zero-order valence-electron chi connectivity index (χ0n) is 15.2. The van der Waals surface area contributed by atoms with Crippen LogP contribution in [0.4, 0.5) is 0 Å². The molecule has 1 aliphatic rings. The largest absolute Gasteiger partial charge is 0.385 e. The third-order valence-electron chi connectivity index (χ3n) is 5.07. The second-order valence-electron chi connectivity index (χ2n) is 7.94. The normalized spacial score (nSPS) is 23.1. The summed E-state index contributed by atoms with van der Waals surface area (Å²) < 4.78 is 0. The van der Waals surface area contributed by atoms with Crippen molar-refractivity contribution in [3.05, 3.63) is 42.0 Å². The third kappa shape index (κ3) is 3.03. The summed E-state index contributed by atoms with van der Waals surface area (Å²) in [5.41, 5.74) is 2.92. The monoisotopic (exact) mass is 325 g/mol. The van der Waals surface area contributed by atoms with Crippen LogP contribution >= 0.6 is 0 Å². The fourth-order valence-corrected chi connectivity index (χ4v) is 3.10. The fraction of sp³-hybridized carbons (Fsp3) is 0.500. The summed E-state index contributed by atoms with van der Waals surface area (Å²) in [6.07, 6.45) is 5.64. The number of rotatable bonds is 3. The maximum absolute atomic E-state index is 11.3. The maximum Gasteiger partial charge on any atom is 0.113 e. The summed E-state index contributed by atoms with van der Waals surface area (Å²) in [5, 5.41) is 20.5. The number of benzene rings is 1. The number of aromatic nitrogens is 3. The number of hydrogen-bond donors (Lipinski definition) is 1. The topological polar surface area (TPSA) is 50.9 Å². The first-order chi connectivity index (χ1) is 11.2. The van der Waals surface area contributed by atoms with Crippen LogP contribution in [-0.4, -0.2) is 25.7 Å². The van der Waals surface area contributed by atoms with Crippen LogP contribution in [0.2, 0.25) is 0 Å². The van der Waals surface area contributed by atoms with Gasteiger partial charge in [-0.3, -0.25) is 0 Å². The van der Waals surface area contributed by atoms with E-state index in [9.17, 15) is 5.11 Å². The molecule has 1 heterocycles. The van der Waals surface area contributed by atoms with Crippen LogP contribution in [0.3, 0.4) is 0 Å². The van der Waals surface area contributed by atoms with Gasteiger partial charge in [-0.25, -0.2) is 0 Å². The van der Waals surface area contributed by atoms with Gasteiger partial charge in [0.2, 0.25) is 0 Å². The van der Waals surface area contributed by atoms with Crippen molar-refractivity contribution in [1.82, 2.24) is 15.0 Å². The number of hydrogen-bond acceptors (Lipinski definition) is 3. The average molecular weight is 325 g/mol. The Morgan fingerprint density at radius 1 is 1.21 bits per heavy atom. The number of aliphatic hydroxyl groups is 1. The van der Waals surface area contributed by atoms with Crippen molar-refractivity contribution < 1.29 is 5.11 Å². The Balaban J connectivity index is 2.09. The summed E-state index contributed by atoms with van der Waals surface area (Å²) in [7, 11) is 0.